The highest BCUT2D eigenvalue weighted by atomic mass is 32.2. The van der Waals surface area contributed by atoms with E-state index in [0.29, 0.717) is 13.2 Å². The monoisotopic (exact) mass is 359 g/mol. The lowest BCUT2D eigenvalue weighted by Gasteiger charge is -2.20. The van der Waals surface area contributed by atoms with Crippen molar-refractivity contribution in [3.8, 4) is 0 Å². The number of benzene rings is 1. The first-order valence-corrected chi connectivity index (χ1v) is 9.67. The Morgan fingerprint density at radius 3 is 2.40 bits per heavy atom. The van der Waals surface area contributed by atoms with Crippen molar-refractivity contribution in [2.45, 2.75) is 45.2 Å². The van der Waals surface area contributed by atoms with Crippen LogP contribution in [0.1, 0.15) is 39.7 Å². The number of nitrogens with zero attached hydrogens (tertiary/aromatic N) is 1. The van der Waals surface area contributed by atoms with Crippen LogP contribution >= 0.6 is 0 Å². The number of hydrogen-bond acceptors (Lipinski definition) is 4. The van der Waals surface area contributed by atoms with Gasteiger partial charge >= 0.3 is 0 Å². The lowest BCUT2D eigenvalue weighted by Crippen LogP contribution is -2.27. The Kier molecular flexibility index (Phi) is 5.49. The molecule has 0 aromatic heterocycles. The van der Waals surface area contributed by atoms with Crippen molar-refractivity contribution >= 4 is 17.1 Å². The molecule has 1 aromatic carbocycles. The molecule has 1 aromatic rings. The van der Waals surface area contributed by atoms with Crippen LogP contribution in [0.2, 0.25) is 0 Å². The molecule has 25 heavy (non-hydrogen) atoms. The summed E-state index contributed by atoms with van der Waals surface area (Å²) in [6.45, 7) is 9.16. The lowest BCUT2D eigenvalue weighted by molar-refractivity contribution is -0.0122. The minimum absolute atomic E-state index is 0.266. The van der Waals surface area contributed by atoms with Crippen molar-refractivity contribution in [3.63, 3.8) is 0 Å². The molecule has 1 heterocycles. The summed E-state index contributed by atoms with van der Waals surface area (Å²) in [5, 5.41) is 0. The molecule has 0 radical (unpaired) electrons. The number of allylic oxidation sites excluding steroid dienone is 3. The van der Waals surface area contributed by atoms with Crippen LogP contribution in [0.4, 0.5) is 0 Å². The van der Waals surface area contributed by atoms with Gasteiger partial charge in [-0.3, -0.25) is 0 Å². The molecule has 1 atom stereocenters. The van der Waals surface area contributed by atoms with Crippen LogP contribution in [0.15, 0.2) is 57.5 Å². The maximum Gasteiger partial charge on any atom is 0.180 e. The molecule has 1 aliphatic heterocycles. The van der Waals surface area contributed by atoms with E-state index >= 15 is 0 Å². The van der Waals surface area contributed by atoms with Gasteiger partial charge in [-0.2, -0.15) is 0 Å². The minimum atomic E-state index is -1.33. The first-order valence-electron chi connectivity index (χ1n) is 8.56. The SMILES string of the molecule is CC1=C(C(=N[S+]([O-])C(C)(C)C)c2ccccc2)C=C(C2OCCO2)C1. The van der Waals surface area contributed by atoms with E-state index in [1.807, 2.05) is 51.1 Å². The Bertz CT molecular complexity index is 710. The summed E-state index contributed by atoms with van der Waals surface area (Å²) in [4.78, 5) is 0. The molecule has 1 fully saturated rings. The van der Waals surface area contributed by atoms with E-state index in [1.165, 1.54) is 5.57 Å². The van der Waals surface area contributed by atoms with Crippen LogP contribution < -0.4 is 0 Å². The Balaban J connectivity index is 1.99. The van der Waals surface area contributed by atoms with Crippen LogP contribution in [-0.4, -0.2) is 34.5 Å². The summed E-state index contributed by atoms with van der Waals surface area (Å²) in [7, 11) is 0. The van der Waals surface area contributed by atoms with Crippen LogP contribution in [0.5, 0.6) is 0 Å². The number of ether oxygens (including phenoxy) is 2. The van der Waals surface area contributed by atoms with Gasteiger partial charge in [-0.05, 0) is 45.8 Å². The van der Waals surface area contributed by atoms with E-state index < -0.39 is 16.1 Å². The van der Waals surface area contributed by atoms with Crippen molar-refractivity contribution in [2.24, 2.45) is 4.40 Å². The van der Waals surface area contributed by atoms with Crippen LogP contribution in [0.25, 0.3) is 0 Å². The van der Waals surface area contributed by atoms with Crippen molar-refractivity contribution in [1.82, 2.24) is 0 Å². The van der Waals surface area contributed by atoms with E-state index in [0.717, 1.165) is 28.8 Å². The smallest absolute Gasteiger partial charge is 0.180 e. The molecule has 134 valence electrons. The maximum atomic E-state index is 12.7. The minimum Gasteiger partial charge on any atom is -0.591 e. The standard InChI is InChI=1S/C20H25NO3S/c1-14-12-16(19-23-10-11-24-19)13-17(14)18(15-8-6-5-7-9-15)21-25(22)20(2,3)4/h5-9,13,19H,10-12H2,1-4H3. The van der Waals surface area contributed by atoms with Crippen molar-refractivity contribution in [1.29, 1.82) is 0 Å². The second-order valence-corrected chi connectivity index (χ2v) is 9.24. The second-order valence-electron chi connectivity index (χ2n) is 7.33. The molecule has 0 bridgehead atoms. The van der Waals surface area contributed by atoms with Gasteiger partial charge in [0.05, 0.1) is 13.2 Å². The zero-order valence-electron chi connectivity index (χ0n) is 15.2. The molecular weight excluding hydrogens is 334 g/mol. The van der Waals surface area contributed by atoms with Crippen molar-refractivity contribution < 1.29 is 14.0 Å². The molecule has 0 amide bonds. The fourth-order valence-corrected chi connectivity index (χ4v) is 3.47. The highest BCUT2D eigenvalue weighted by molar-refractivity contribution is 7.91. The first kappa shape index (κ1) is 18.4. The second kappa shape index (κ2) is 7.46. The summed E-state index contributed by atoms with van der Waals surface area (Å²) in [6.07, 6.45) is 2.63. The van der Waals surface area contributed by atoms with Gasteiger partial charge in [0.15, 0.2) is 6.29 Å². The van der Waals surface area contributed by atoms with E-state index in [-0.39, 0.29) is 6.29 Å². The van der Waals surface area contributed by atoms with Gasteiger partial charge in [-0.1, -0.05) is 40.3 Å². The summed E-state index contributed by atoms with van der Waals surface area (Å²) >= 11 is -1.33. The van der Waals surface area contributed by atoms with Gasteiger partial charge in [-0.25, -0.2) is 0 Å². The molecule has 1 aliphatic carbocycles. The zero-order chi connectivity index (χ0) is 18.0. The highest BCUT2D eigenvalue weighted by Crippen LogP contribution is 2.33. The summed E-state index contributed by atoms with van der Waals surface area (Å²) in [5.74, 6) is 0. The summed E-state index contributed by atoms with van der Waals surface area (Å²) in [6, 6.07) is 9.94. The first-order chi connectivity index (χ1) is 11.9. The summed E-state index contributed by atoms with van der Waals surface area (Å²) in [5.41, 5.74) is 5.08. The largest absolute Gasteiger partial charge is 0.591 e. The third-order valence-electron chi connectivity index (χ3n) is 4.18. The van der Waals surface area contributed by atoms with Gasteiger partial charge in [0.2, 0.25) is 0 Å². The Hall–Kier alpha value is -1.40. The van der Waals surface area contributed by atoms with Crippen LogP contribution in [0.3, 0.4) is 0 Å². The summed E-state index contributed by atoms with van der Waals surface area (Å²) < 4.78 is 28.2. The third kappa shape index (κ3) is 4.23. The van der Waals surface area contributed by atoms with Gasteiger partial charge in [0.25, 0.3) is 0 Å². The van der Waals surface area contributed by atoms with Crippen molar-refractivity contribution in [3.05, 3.63) is 58.7 Å². The Labute approximate surface area is 153 Å². The molecule has 4 nitrogen and oxygen atoms in total. The molecule has 0 N–H and O–H groups in total. The predicted octanol–water partition coefficient (Wildman–Crippen LogP) is 3.96. The molecule has 2 aliphatic rings. The fourth-order valence-electron chi connectivity index (χ4n) is 2.83. The molecule has 5 heteroatoms. The quantitative estimate of drug-likeness (QED) is 0.604. The molecular formula is C20H25NO3S. The molecule has 1 saturated heterocycles. The Morgan fingerprint density at radius 1 is 1.16 bits per heavy atom. The van der Waals surface area contributed by atoms with E-state index in [1.54, 1.807) is 0 Å². The number of rotatable bonds is 4. The van der Waals surface area contributed by atoms with Gasteiger partial charge in [0, 0.05) is 11.1 Å². The normalized spacial score (nSPS) is 21.0. The highest BCUT2D eigenvalue weighted by Gasteiger charge is 2.31. The average Bonchev–Trinajstić information content (AvgIpc) is 3.22. The van der Waals surface area contributed by atoms with Gasteiger partial charge in [0.1, 0.15) is 21.8 Å². The molecule has 3 rings (SSSR count). The maximum absolute atomic E-state index is 12.7. The zero-order valence-corrected chi connectivity index (χ0v) is 16.1. The topological polar surface area (TPSA) is 53.9 Å². The molecule has 1 unspecified atom stereocenters. The lowest BCUT2D eigenvalue weighted by atomic mass is 10.0. The average molecular weight is 359 g/mol. The third-order valence-corrected chi connectivity index (χ3v) is 5.58. The molecule has 0 spiro atoms. The van der Waals surface area contributed by atoms with E-state index in [9.17, 15) is 4.55 Å². The number of hydrogen-bond donors (Lipinski definition) is 0. The van der Waals surface area contributed by atoms with Gasteiger partial charge in [-0.15, -0.1) is 0 Å². The predicted molar refractivity (Wildman–Crippen MR) is 102 cm³/mol. The molecule has 0 saturated carbocycles. The van der Waals surface area contributed by atoms with E-state index in [2.05, 4.69) is 17.4 Å². The van der Waals surface area contributed by atoms with E-state index in [4.69, 9.17) is 9.47 Å². The van der Waals surface area contributed by atoms with Gasteiger partial charge < -0.3 is 14.0 Å². The van der Waals surface area contributed by atoms with Crippen LogP contribution in [0, 0.1) is 0 Å². The fraction of sp³-hybridized carbons (Fsp3) is 0.450. The van der Waals surface area contributed by atoms with Crippen LogP contribution in [-0.2, 0) is 20.8 Å². The van der Waals surface area contributed by atoms with Crippen molar-refractivity contribution in [2.75, 3.05) is 13.2 Å². The Morgan fingerprint density at radius 2 is 1.80 bits per heavy atom.